The van der Waals surface area contributed by atoms with Gasteiger partial charge < -0.3 is 14.4 Å². The maximum Gasteiger partial charge on any atom is 0.331 e. The van der Waals surface area contributed by atoms with Gasteiger partial charge in [0.05, 0.1) is 20.3 Å². The number of carbonyl (C=O) groups excluding carboxylic acids is 2. The van der Waals surface area contributed by atoms with Crippen LogP contribution in [0.4, 0.5) is 0 Å². The lowest BCUT2D eigenvalue weighted by Crippen LogP contribution is -2.40. The summed E-state index contributed by atoms with van der Waals surface area (Å²) in [5, 5.41) is 2.34. The van der Waals surface area contributed by atoms with Crippen LogP contribution in [-0.2, 0) is 19.1 Å². The number of benzene rings is 2. The molecule has 26 heavy (non-hydrogen) atoms. The fraction of sp³-hybridized carbons (Fsp3) is 0.238. The first-order chi connectivity index (χ1) is 12.5. The van der Waals surface area contributed by atoms with Crippen LogP contribution < -0.4 is 0 Å². The Morgan fingerprint density at radius 1 is 0.923 bits per heavy atom. The van der Waals surface area contributed by atoms with E-state index in [1.807, 2.05) is 23.1 Å². The summed E-state index contributed by atoms with van der Waals surface area (Å²) in [6, 6.07) is 14.4. The molecule has 0 unspecified atom stereocenters. The minimum absolute atomic E-state index is 0.0156. The van der Waals surface area contributed by atoms with Gasteiger partial charge in [0.25, 0.3) is 0 Å². The smallest absolute Gasteiger partial charge is 0.331 e. The molecule has 1 aliphatic rings. The van der Waals surface area contributed by atoms with Crippen LogP contribution in [0, 0.1) is 5.41 Å². The predicted octanol–water partition coefficient (Wildman–Crippen LogP) is 3.58. The summed E-state index contributed by atoms with van der Waals surface area (Å²) >= 11 is 0. The summed E-state index contributed by atoms with van der Waals surface area (Å²) in [5.41, 5.74) is -0.389. The number of nitrogens with zero attached hydrogens (tertiary/aromatic N) is 1. The summed E-state index contributed by atoms with van der Waals surface area (Å²) < 4.78 is 9.59. The molecule has 0 saturated carbocycles. The lowest BCUT2D eigenvalue weighted by Gasteiger charge is -2.32. The lowest BCUT2D eigenvalue weighted by molar-refractivity contribution is -0.161. The highest BCUT2D eigenvalue weighted by molar-refractivity contribution is 6.04. The average molecular weight is 351 g/mol. The molecule has 0 aromatic heterocycles. The average Bonchev–Trinajstić information content (AvgIpc) is 2.71. The molecule has 5 heteroatoms. The number of rotatable bonds is 4. The second-order valence-electron chi connectivity index (χ2n) is 6.18. The topological polar surface area (TPSA) is 55.8 Å². The van der Waals surface area contributed by atoms with E-state index in [9.17, 15) is 9.59 Å². The van der Waals surface area contributed by atoms with Gasteiger partial charge in [0, 0.05) is 12.4 Å². The molecule has 1 aliphatic heterocycles. The number of fused-ring (bicyclic) bond motifs is 1. The third-order valence-electron chi connectivity index (χ3n) is 4.79. The molecular weight excluding hydrogens is 330 g/mol. The highest BCUT2D eigenvalue weighted by Gasteiger charge is 2.45. The zero-order chi connectivity index (χ0) is 18.7. The van der Waals surface area contributed by atoms with Gasteiger partial charge in [-0.15, -0.1) is 0 Å². The van der Waals surface area contributed by atoms with Crippen LogP contribution in [0.1, 0.15) is 18.5 Å². The fourth-order valence-electron chi connectivity index (χ4n) is 3.24. The molecule has 2 aromatic carbocycles. The molecule has 1 atom stereocenters. The van der Waals surface area contributed by atoms with Crippen molar-refractivity contribution in [3.05, 3.63) is 72.6 Å². The zero-order valence-electron chi connectivity index (χ0n) is 15.0. The standard InChI is InChI=1S/C21H21NO4/c1-15(17-10-6-8-16-7-4-5-9-18(16)17)22-13-11-21(12-14-22,19(23)25-2)20(24)26-3/h4-15H,1-3H3/t15-/m0/s1. The van der Waals surface area contributed by atoms with Gasteiger partial charge in [-0.05, 0) is 35.4 Å². The van der Waals surface area contributed by atoms with Crippen molar-refractivity contribution in [1.29, 1.82) is 0 Å². The maximum absolute atomic E-state index is 12.2. The molecule has 134 valence electrons. The summed E-state index contributed by atoms with van der Waals surface area (Å²) in [6.07, 6.45) is 6.49. The van der Waals surface area contributed by atoms with E-state index >= 15 is 0 Å². The molecule has 5 nitrogen and oxygen atoms in total. The Balaban J connectivity index is 1.94. The van der Waals surface area contributed by atoms with Gasteiger partial charge >= 0.3 is 11.9 Å². The van der Waals surface area contributed by atoms with Crippen molar-refractivity contribution in [1.82, 2.24) is 4.90 Å². The first kappa shape index (κ1) is 17.7. The summed E-state index contributed by atoms with van der Waals surface area (Å²) in [4.78, 5) is 26.3. The molecule has 0 radical (unpaired) electrons. The van der Waals surface area contributed by atoms with Crippen molar-refractivity contribution in [2.75, 3.05) is 14.2 Å². The molecule has 0 fully saturated rings. The van der Waals surface area contributed by atoms with Gasteiger partial charge in [-0.1, -0.05) is 42.5 Å². The number of methoxy groups -OCH3 is 2. The molecule has 1 heterocycles. The predicted molar refractivity (Wildman–Crippen MR) is 98.9 cm³/mol. The first-order valence-electron chi connectivity index (χ1n) is 8.34. The molecule has 0 saturated heterocycles. The molecule has 3 rings (SSSR count). The highest BCUT2D eigenvalue weighted by atomic mass is 16.5. The molecule has 0 bridgehead atoms. The van der Waals surface area contributed by atoms with Gasteiger partial charge in [-0.2, -0.15) is 0 Å². The fourth-order valence-corrected chi connectivity index (χ4v) is 3.24. The molecule has 0 amide bonds. The van der Waals surface area contributed by atoms with Gasteiger partial charge in [0.2, 0.25) is 5.41 Å². The minimum Gasteiger partial charge on any atom is -0.468 e. The van der Waals surface area contributed by atoms with Gasteiger partial charge in [0.1, 0.15) is 0 Å². The maximum atomic E-state index is 12.2. The van der Waals surface area contributed by atoms with Gasteiger partial charge in [-0.25, -0.2) is 0 Å². The van der Waals surface area contributed by atoms with Crippen molar-refractivity contribution in [2.45, 2.75) is 13.0 Å². The van der Waals surface area contributed by atoms with Crippen LogP contribution in [-0.4, -0.2) is 31.1 Å². The van der Waals surface area contributed by atoms with Crippen LogP contribution in [0.15, 0.2) is 67.0 Å². The van der Waals surface area contributed by atoms with Crippen molar-refractivity contribution < 1.29 is 19.1 Å². The number of hydrogen-bond donors (Lipinski definition) is 0. The van der Waals surface area contributed by atoms with E-state index in [1.165, 1.54) is 37.1 Å². The zero-order valence-corrected chi connectivity index (χ0v) is 15.0. The molecule has 0 aliphatic carbocycles. The van der Waals surface area contributed by atoms with E-state index in [4.69, 9.17) is 9.47 Å². The number of carbonyl (C=O) groups is 2. The normalized spacial score (nSPS) is 16.3. The number of esters is 2. The highest BCUT2D eigenvalue weighted by Crippen LogP contribution is 2.34. The Kier molecular flexibility index (Phi) is 4.80. The second-order valence-corrected chi connectivity index (χ2v) is 6.18. The van der Waals surface area contributed by atoms with Crippen molar-refractivity contribution in [2.24, 2.45) is 5.41 Å². The van der Waals surface area contributed by atoms with Gasteiger partial charge in [-0.3, -0.25) is 9.59 Å². The molecule has 0 N–H and O–H groups in total. The summed E-state index contributed by atoms with van der Waals surface area (Å²) in [7, 11) is 2.50. The third-order valence-corrected chi connectivity index (χ3v) is 4.79. The van der Waals surface area contributed by atoms with Crippen LogP contribution in [0.5, 0.6) is 0 Å². The van der Waals surface area contributed by atoms with E-state index in [1.54, 1.807) is 12.4 Å². The van der Waals surface area contributed by atoms with Gasteiger partial charge in [0.15, 0.2) is 0 Å². The molecule has 0 spiro atoms. The number of ether oxygens (including phenoxy) is 2. The Hall–Kier alpha value is -3.08. The molecule has 2 aromatic rings. The first-order valence-corrected chi connectivity index (χ1v) is 8.34. The summed E-state index contributed by atoms with van der Waals surface area (Å²) in [5.74, 6) is -1.34. The van der Waals surface area contributed by atoms with E-state index < -0.39 is 17.4 Å². The Morgan fingerprint density at radius 2 is 1.50 bits per heavy atom. The van der Waals surface area contributed by atoms with E-state index in [0.717, 1.165) is 5.56 Å². The SMILES string of the molecule is COC(=O)C1(C(=O)OC)C=CN([C@@H](C)c2cccc3ccccc23)C=C1. The third kappa shape index (κ3) is 2.86. The quantitative estimate of drug-likeness (QED) is 0.622. The second kappa shape index (κ2) is 7.04. The Labute approximate surface area is 152 Å². The minimum atomic E-state index is -1.54. The van der Waals surface area contributed by atoms with Crippen LogP contribution >= 0.6 is 0 Å². The Morgan fingerprint density at radius 3 is 2.12 bits per heavy atom. The van der Waals surface area contributed by atoms with Crippen molar-refractivity contribution >= 4 is 22.7 Å². The van der Waals surface area contributed by atoms with Crippen LogP contribution in [0.2, 0.25) is 0 Å². The molecular formula is C21H21NO4. The number of hydrogen-bond acceptors (Lipinski definition) is 5. The van der Waals surface area contributed by atoms with E-state index in [2.05, 4.69) is 31.2 Å². The Bertz CT molecular complexity index is 863. The van der Waals surface area contributed by atoms with E-state index in [0.29, 0.717) is 0 Å². The lowest BCUT2D eigenvalue weighted by atomic mass is 9.86. The monoisotopic (exact) mass is 351 g/mol. The van der Waals surface area contributed by atoms with Crippen molar-refractivity contribution in [3.8, 4) is 0 Å². The largest absolute Gasteiger partial charge is 0.468 e. The van der Waals surface area contributed by atoms with Crippen LogP contribution in [0.3, 0.4) is 0 Å². The summed E-state index contributed by atoms with van der Waals surface area (Å²) in [6.45, 7) is 2.07. The van der Waals surface area contributed by atoms with E-state index in [-0.39, 0.29) is 6.04 Å². The van der Waals surface area contributed by atoms with Crippen molar-refractivity contribution in [3.63, 3.8) is 0 Å². The van der Waals surface area contributed by atoms with Crippen LogP contribution in [0.25, 0.3) is 10.8 Å².